The van der Waals surface area contributed by atoms with Crippen LogP contribution in [0.25, 0.3) is 21.1 Å². The van der Waals surface area contributed by atoms with Gasteiger partial charge in [-0.1, -0.05) is 12.1 Å². The molecule has 0 bridgehead atoms. The van der Waals surface area contributed by atoms with E-state index in [1.165, 1.54) is 23.5 Å². The standard InChI is InChI=1S/C14H8F3N5S/c1-7-12(11-10(6-18)20-22-21-11)23-13(19-7)8-2-4-9(5-3-8)14(15,16)17/h2-5H,1H3,(H,20,21,22). The van der Waals surface area contributed by atoms with Crippen LogP contribution >= 0.6 is 11.3 Å². The van der Waals surface area contributed by atoms with Crippen molar-refractivity contribution in [1.29, 1.82) is 5.26 Å². The third kappa shape index (κ3) is 2.80. The van der Waals surface area contributed by atoms with Crippen molar-refractivity contribution in [2.75, 3.05) is 0 Å². The first-order chi connectivity index (χ1) is 10.9. The van der Waals surface area contributed by atoms with Crippen molar-refractivity contribution in [1.82, 2.24) is 20.4 Å². The number of thiazole rings is 1. The van der Waals surface area contributed by atoms with Crippen LogP contribution in [-0.2, 0) is 6.18 Å². The normalized spacial score (nSPS) is 11.4. The van der Waals surface area contributed by atoms with Crippen molar-refractivity contribution >= 4 is 11.3 Å². The third-order valence-corrected chi connectivity index (χ3v) is 4.34. The molecule has 9 heteroatoms. The van der Waals surface area contributed by atoms with Gasteiger partial charge in [-0.2, -0.15) is 28.7 Å². The zero-order valence-electron chi connectivity index (χ0n) is 11.6. The number of aromatic amines is 1. The van der Waals surface area contributed by atoms with Crippen molar-refractivity contribution in [3.8, 4) is 27.2 Å². The first-order valence-corrected chi connectivity index (χ1v) is 7.18. The third-order valence-electron chi connectivity index (χ3n) is 3.12. The van der Waals surface area contributed by atoms with Gasteiger partial charge in [0.15, 0.2) is 5.69 Å². The van der Waals surface area contributed by atoms with Crippen LogP contribution in [0.5, 0.6) is 0 Å². The molecule has 116 valence electrons. The fourth-order valence-electron chi connectivity index (χ4n) is 2.01. The van der Waals surface area contributed by atoms with Crippen LogP contribution in [0.15, 0.2) is 24.3 Å². The maximum absolute atomic E-state index is 12.6. The van der Waals surface area contributed by atoms with Crippen LogP contribution in [0, 0.1) is 18.3 Å². The predicted octanol–water partition coefficient (Wildman–Crippen LogP) is 3.79. The zero-order valence-corrected chi connectivity index (χ0v) is 12.5. The number of nitrogens with zero attached hydrogens (tertiary/aromatic N) is 4. The molecule has 1 N–H and O–H groups in total. The quantitative estimate of drug-likeness (QED) is 0.773. The van der Waals surface area contributed by atoms with E-state index < -0.39 is 11.7 Å². The molecule has 5 nitrogen and oxygen atoms in total. The van der Waals surface area contributed by atoms with Gasteiger partial charge in [-0.15, -0.1) is 16.4 Å². The maximum Gasteiger partial charge on any atom is 0.416 e. The Bertz CT molecular complexity index is 887. The van der Waals surface area contributed by atoms with Gasteiger partial charge in [-0.05, 0) is 19.1 Å². The molecule has 0 amide bonds. The molecule has 0 spiro atoms. The van der Waals surface area contributed by atoms with E-state index >= 15 is 0 Å². The van der Waals surface area contributed by atoms with Crippen LogP contribution in [0.3, 0.4) is 0 Å². The van der Waals surface area contributed by atoms with Crippen molar-refractivity contribution in [2.45, 2.75) is 13.1 Å². The molecule has 0 unspecified atom stereocenters. The van der Waals surface area contributed by atoms with Crippen molar-refractivity contribution in [3.05, 3.63) is 41.2 Å². The molecular weight excluding hydrogens is 327 g/mol. The molecule has 0 aliphatic carbocycles. The van der Waals surface area contributed by atoms with Crippen molar-refractivity contribution in [3.63, 3.8) is 0 Å². The molecule has 0 fully saturated rings. The average Bonchev–Trinajstić information content (AvgIpc) is 3.12. The second-order valence-electron chi connectivity index (χ2n) is 4.64. The second kappa shape index (κ2) is 5.48. The summed E-state index contributed by atoms with van der Waals surface area (Å²) in [5.41, 5.74) is 1.03. The summed E-state index contributed by atoms with van der Waals surface area (Å²) in [6.45, 7) is 1.75. The topological polar surface area (TPSA) is 78.2 Å². The summed E-state index contributed by atoms with van der Waals surface area (Å²) >= 11 is 1.25. The summed E-state index contributed by atoms with van der Waals surface area (Å²) in [5, 5.41) is 19.6. The molecule has 0 radical (unpaired) electrons. The lowest BCUT2D eigenvalue weighted by Gasteiger charge is -2.06. The number of rotatable bonds is 2. The Morgan fingerprint density at radius 1 is 1.17 bits per heavy atom. The number of aryl methyl sites for hydroxylation is 1. The maximum atomic E-state index is 12.6. The van der Waals surface area contributed by atoms with Gasteiger partial charge in [0.25, 0.3) is 0 Å². The van der Waals surface area contributed by atoms with Gasteiger partial charge < -0.3 is 0 Å². The molecule has 3 aromatic rings. The highest BCUT2D eigenvalue weighted by atomic mass is 32.1. The van der Waals surface area contributed by atoms with Gasteiger partial charge in [-0.25, -0.2) is 4.98 Å². The Balaban J connectivity index is 2.00. The summed E-state index contributed by atoms with van der Waals surface area (Å²) in [6, 6.07) is 6.70. The van der Waals surface area contributed by atoms with Crippen molar-refractivity contribution in [2.24, 2.45) is 0 Å². The van der Waals surface area contributed by atoms with Gasteiger partial charge in [0.2, 0.25) is 0 Å². The van der Waals surface area contributed by atoms with Crippen LogP contribution in [-0.4, -0.2) is 20.4 Å². The minimum Gasteiger partial charge on any atom is -0.241 e. The summed E-state index contributed by atoms with van der Waals surface area (Å²) < 4.78 is 37.8. The number of halogens is 3. The molecule has 2 heterocycles. The number of nitrogens with one attached hydrogen (secondary N) is 1. The molecule has 3 rings (SSSR count). The second-order valence-corrected chi connectivity index (χ2v) is 5.64. The highest BCUT2D eigenvalue weighted by Gasteiger charge is 2.30. The van der Waals surface area contributed by atoms with E-state index in [1.54, 1.807) is 6.92 Å². The van der Waals surface area contributed by atoms with E-state index in [9.17, 15) is 13.2 Å². The molecule has 0 atom stereocenters. The van der Waals surface area contributed by atoms with E-state index in [2.05, 4.69) is 20.4 Å². The largest absolute Gasteiger partial charge is 0.416 e. The average molecular weight is 335 g/mol. The summed E-state index contributed by atoms with van der Waals surface area (Å²) in [4.78, 5) is 5.01. The number of nitriles is 1. The number of H-pyrrole nitrogens is 1. The summed E-state index contributed by atoms with van der Waals surface area (Å²) in [5.74, 6) is 0. The minimum absolute atomic E-state index is 0.149. The highest BCUT2D eigenvalue weighted by molar-refractivity contribution is 7.18. The molecule has 0 aliphatic heterocycles. The Morgan fingerprint density at radius 2 is 1.87 bits per heavy atom. The van der Waals surface area contributed by atoms with Gasteiger partial charge in [0.05, 0.1) is 16.1 Å². The van der Waals surface area contributed by atoms with Crippen LogP contribution in [0.2, 0.25) is 0 Å². The number of hydrogen-bond acceptors (Lipinski definition) is 5. The van der Waals surface area contributed by atoms with Gasteiger partial charge in [-0.3, -0.25) is 0 Å². The predicted molar refractivity (Wildman–Crippen MR) is 77.4 cm³/mol. The van der Waals surface area contributed by atoms with Gasteiger partial charge in [0.1, 0.15) is 16.8 Å². The monoisotopic (exact) mass is 335 g/mol. The number of benzene rings is 1. The van der Waals surface area contributed by atoms with E-state index in [4.69, 9.17) is 5.26 Å². The lowest BCUT2D eigenvalue weighted by molar-refractivity contribution is -0.137. The van der Waals surface area contributed by atoms with E-state index in [-0.39, 0.29) is 5.69 Å². The fraction of sp³-hybridized carbons (Fsp3) is 0.143. The molecule has 0 aliphatic rings. The Hall–Kier alpha value is -2.73. The zero-order chi connectivity index (χ0) is 16.6. The van der Waals surface area contributed by atoms with E-state index in [0.29, 0.717) is 26.8 Å². The van der Waals surface area contributed by atoms with Gasteiger partial charge >= 0.3 is 6.18 Å². The molecule has 1 aromatic carbocycles. The summed E-state index contributed by atoms with van der Waals surface area (Å²) in [7, 11) is 0. The van der Waals surface area contributed by atoms with Crippen LogP contribution in [0.4, 0.5) is 13.2 Å². The first-order valence-electron chi connectivity index (χ1n) is 6.36. The number of aromatic nitrogens is 4. The lowest BCUT2D eigenvalue weighted by atomic mass is 10.1. The molecule has 23 heavy (non-hydrogen) atoms. The smallest absolute Gasteiger partial charge is 0.241 e. The highest BCUT2D eigenvalue weighted by Crippen LogP contribution is 2.36. The lowest BCUT2D eigenvalue weighted by Crippen LogP contribution is -2.03. The minimum atomic E-state index is -4.37. The van der Waals surface area contributed by atoms with E-state index in [1.807, 2.05) is 6.07 Å². The molecule has 0 saturated carbocycles. The van der Waals surface area contributed by atoms with E-state index in [0.717, 1.165) is 12.1 Å². The Labute approximate surface area is 132 Å². The molecular formula is C14H8F3N5S. The molecule has 0 saturated heterocycles. The Kier molecular flexibility index (Phi) is 3.61. The van der Waals surface area contributed by atoms with Crippen molar-refractivity contribution < 1.29 is 13.2 Å². The summed E-state index contributed by atoms with van der Waals surface area (Å²) in [6.07, 6.45) is -4.37. The first kappa shape index (κ1) is 15.2. The Morgan fingerprint density at radius 3 is 2.48 bits per heavy atom. The fourth-order valence-corrected chi connectivity index (χ4v) is 3.07. The SMILES string of the molecule is Cc1nc(-c2ccc(C(F)(F)F)cc2)sc1-c1n[nH]nc1C#N. The molecule has 2 aromatic heterocycles. The van der Waals surface area contributed by atoms with Crippen LogP contribution in [0.1, 0.15) is 17.0 Å². The number of alkyl halides is 3. The van der Waals surface area contributed by atoms with Gasteiger partial charge in [0, 0.05) is 5.56 Å². The number of hydrogen-bond donors (Lipinski definition) is 1. The van der Waals surface area contributed by atoms with Crippen LogP contribution < -0.4 is 0 Å².